The Morgan fingerprint density at radius 1 is 1.32 bits per heavy atom. The fourth-order valence-corrected chi connectivity index (χ4v) is 3.87. The van der Waals surface area contributed by atoms with Crippen LogP contribution in [0.25, 0.3) is 10.1 Å². The van der Waals surface area contributed by atoms with Gasteiger partial charge in [0.15, 0.2) is 4.80 Å². The van der Waals surface area contributed by atoms with E-state index >= 15 is 0 Å². The maximum atomic E-state index is 10.3. The Balaban J connectivity index is 1.89. The van der Waals surface area contributed by atoms with Gasteiger partial charge in [0.05, 0.1) is 6.54 Å². The number of thiophene rings is 1. The smallest absolute Gasteiger partial charge is 0.182 e. The number of thiazole rings is 1. The van der Waals surface area contributed by atoms with E-state index in [2.05, 4.69) is 12.1 Å². The maximum absolute atomic E-state index is 10.3. The predicted octanol–water partition coefficient (Wildman–Crippen LogP) is 3.29. The van der Waals surface area contributed by atoms with Crippen molar-refractivity contribution in [1.82, 2.24) is 4.57 Å². The highest BCUT2D eigenvalue weighted by atomic mass is 32.1. The van der Waals surface area contributed by atoms with E-state index in [0.717, 1.165) is 9.75 Å². The Labute approximate surface area is 118 Å². The molecule has 19 heavy (non-hydrogen) atoms. The zero-order valence-corrected chi connectivity index (χ0v) is 12.1. The standard InChI is InChI=1S/C14H14N2OS2/c1-9-7-16(14(15)18-9)8-11(17)13-6-10-4-2-3-5-12(10)19-13/h2-7,11,15,17H,8H2,1H3. The van der Waals surface area contributed by atoms with Crippen LogP contribution >= 0.6 is 22.7 Å². The molecule has 98 valence electrons. The zero-order chi connectivity index (χ0) is 13.4. The van der Waals surface area contributed by atoms with Crippen LogP contribution in [-0.4, -0.2) is 9.67 Å². The third-order valence-corrected chi connectivity index (χ3v) is 5.07. The van der Waals surface area contributed by atoms with Crippen molar-refractivity contribution in [3.63, 3.8) is 0 Å². The van der Waals surface area contributed by atoms with Gasteiger partial charge in [-0.05, 0) is 24.4 Å². The van der Waals surface area contributed by atoms with Gasteiger partial charge in [-0.3, -0.25) is 5.41 Å². The second-order valence-electron chi connectivity index (χ2n) is 4.50. The molecule has 0 aliphatic rings. The lowest BCUT2D eigenvalue weighted by molar-refractivity contribution is 0.159. The number of nitrogens with one attached hydrogen (secondary N) is 1. The van der Waals surface area contributed by atoms with Crippen LogP contribution in [0.2, 0.25) is 0 Å². The number of hydrogen-bond acceptors (Lipinski definition) is 4. The lowest BCUT2D eigenvalue weighted by Crippen LogP contribution is -2.16. The molecule has 2 N–H and O–H groups in total. The molecule has 3 nitrogen and oxygen atoms in total. The number of benzene rings is 1. The molecule has 0 amide bonds. The molecule has 0 spiro atoms. The first-order valence-corrected chi connectivity index (χ1v) is 7.65. The molecule has 0 radical (unpaired) electrons. The van der Waals surface area contributed by atoms with Crippen molar-refractivity contribution in [1.29, 1.82) is 5.41 Å². The van der Waals surface area contributed by atoms with Gasteiger partial charge in [-0.15, -0.1) is 22.7 Å². The van der Waals surface area contributed by atoms with Crippen LogP contribution in [0.5, 0.6) is 0 Å². The normalized spacial score (nSPS) is 12.9. The molecule has 2 heterocycles. The van der Waals surface area contributed by atoms with Gasteiger partial charge in [0.2, 0.25) is 0 Å². The van der Waals surface area contributed by atoms with Crippen LogP contribution in [0.4, 0.5) is 0 Å². The summed E-state index contributed by atoms with van der Waals surface area (Å²) in [4.78, 5) is 2.53. The summed E-state index contributed by atoms with van der Waals surface area (Å²) in [5.41, 5.74) is 0. The lowest BCUT2D eigenvalue weighted by Gasteiger charge is -2.08. The first-order chi connectivity index (χ1) is 9.13. The van der Waals surface area contributed by atoms with Gasteiger partial charge in [0.25, 0.3) is 0 Å². The van der Waals surface area contributed by atoms with E-state index in [1.54, 1.807) is 15.9 Å². The number of aliphatic hydroxyl groups excluding tert-OH is 1. The average Bonchev–Trinajstić information content (AvgIpc) is 2.93. The van der Waals surface area contributed by atoms with Crippen molar-refractivity contribution in [3.8, 4) is 0 Å². The highest BCUT2D eigenvalue weighted by Crippen LogP contribution is 2.30. The minimum atomic E-state index is -0.555. The Hall–Kier alpha value is -1.43. The number of aryl methyl sites for hydroxylation is 1. The van der Waals surface area contributed by atoms with Gasteiger partial charge in [0, 0.05) is 20.7 Å². The minimum Gasteiger partial charge on any atom is -0.386 e. The fourth-order valence-electron chi connectivity index (χ4n) is 2.09. The molecule has 0 fully saturated rings. The highest BCUT2D eigenvalue weighted by Gasteiger charge is 2.13. The van der Waals surface area contributed by atoms with Crippen LogP contribution in [-0.2, 0) is 6.54 Å². The molecule has 1 unspecified atom stereocenters. The Morgan fingerprint density at radius 2 is 2.11 bits per heavy atom. The summed E-state index contributed by atoms with van der Waals surface area (Å²) < 4.78 is 2.99. The van der Waals surface area contributed by atoms with Gasteiger partial charge >= 0.3 is 0 Å². The number of aromatic nitrogens is 1. The summed E-state index contributed by atoms with van der Waals surface area (Å²) >= 11 is 3.05. The van der Waals surface area contributed by atoms with Crippen LogP contribution in [0.1, 0.15) is 15.9 Å². The molecule has 0 aliphatic heterocycles. The number of aliphatic hydroxyl groups is 1. The number of rotatable bonds is 3. The minimum absolute atomic E-state index is 0.440. The van der Waals surface area contributed by atoms with Gasteiger partial charge in [-0.2, -0.15) is 0 Å². The topological polar surface area (TPSA) is 49.0 Å². The van der Waals surface area contributed by atoms with E-state index in [0.29, 0.717) is 11.3 Å². The second kappa shape index (κ2) is 4.92. The van der Waals surface area contributed by atoms with Crippen molar-refractivity contribution in [2.75, 3.05) is 0 Å². The molecule has 0 saturated carbocycles. The van der Waals surface area contributed by atoms with Gasteiger partial charge in [0.1, 0.15) is 6.10 Å². The summed E-state index contributed by atoms with van der Waals surface area (Å²) in [6.45, 7) is 2.42. The van der Waals surface area contributed by atoms with Crippen LogP contribution in [0.15, 0.2) is 36.5 Å². The highest BCUT2D eigenvalue weighted by molar-refractivity contribution is 7.19. The molecule has 3 rings (SSSR count). The predicted molar refractivity (Wildman–Crippen MR) is 79.7 cm³/mol. The van der Waals surface area contributed by atoms with E-state index < -0.39 is 6.10 Å². The monoisotopic (exact) mass is 290 g/mol. The lowest BCUT2D eigenvalue weighted by atomic mass is 10.2. The first-order valence-electron chi connectivity index (χ1n) is 6.01. The fraction of sp³-hybridized carbons (Fsp3) is 0.214. The Bertz CT molecular complexity index is 736. The zero-order valence-electron chi connectivity index (χ0n) is 10.5. The summed E-state index contributed by atoms with van der Waals surface area (Å²) in [5.74, 6) is 0. The molecule has 1 atom stereocenters. The molecular weight excluding hydrogens is 276 g/mol. The second-order valence-corrected chi connectivity index (χ2v) is 6.85. The molecule has 0 saturated heterocycles. The van der Waals surface area contributed by atoms with E-state index in [9.17, 15) is 5.11 Å². The molecule has 3 aromatic rings. The molecule has 2 aromatic heterocycles. The van der Waals surface area contributed by atoms with Crippen LogP contribution in [0, 0.1) is 12.3 Å². The molecular formula is C14H14N2OS2. The summed E-state index contributed by atoms with van der Waals surface area (Å²) in [5, 5.41) is 19.3. The van der Waals surface area contributed by atoms with E-state index in [4.69, 9.17) is 5.41 Å². The number of nitrogens with zero attached hydrogens (tertiary/aromatic N) is 1. The summed E-state index contributed by atoms with van der Waals surface area (Å²) in [6.07, 6.45) is 1.37. The van der Waals surface area contributed by atoms with Gasteiger partial charge in [-0.25, -0.2) is 0 Å². The van der Waals surface area contributed by atoms with Crippen LogP contribution in [0.3, 0.4) is 0 Å². The van der Waals surface area contributed by atoms with Crippen molar-refractivity contribution in [3.05, 3.63) is 51.1 Å². The summed E-state index contributed by atoms with van der Waals surface area (Å²) in [7, 11) is 0. The Kier molecular flexibility index (Phi) is 3.26. The largest absolute Gasteiger partial charge is 0.386 e. The van der Waals surface area contributed by atoms with E-state index in [1.165, 1.54) is 21.4 Å². The van der Waals surface area contributed by atoms with Crippen molar-refractivity contribution >= 4 is 32.8 Å². The number of fused-ring (bicyclic) bond motifs is 1. The maximum Gasteiger partial charge on any atom is 0.182 e. The first kappa shape index (κ1) is 12.6. The third-order valence-electron chi connectivity index (χ3n) is 3.00. The van der Waals surface area contributed by atoms with Gasteiger partial charge < -0.3 is 9.67 Å². The summed E-state index contributed by atoms with van der Waals surface area (Å²) in [6, 6.07) is 10.2. The van der Waals surface area contributed by atoms with Gasteiger partial charge in [-0.1, -0.05) is 18.2 Å². The average molecular weight is 290 g/mol. The third kappa shape index (κ3) is 2.49. The van der Waals surface area contributed by atoms with Crippen LogP contribution < -0.4 is 4.80 Å². The molecule has 1 aromatic carbocycles. The van der Waals surface area contributed by atoms with Crippen molar-refractivity contribution < 1.29 is 5.11 Å². The molecule has 0 aliphatic carbocycles. The number of hydrogen-bond donors (Lipinski definition) is 2. The van der Waals surface area contributed by atoms with E-state index in [1.807, 2.05) is 31.3 Å². The van der Waals surface area contributed by atoms with E-state index in [-0.39, 0.29) is 0 Å². The van der Waals surface area contributed by atoms with Crippen molar-refractivity contribution in [2.45, 2.75) is 19.6 Å². The Morgan fingerprint density at radius 3 is 2.79 bits per heavy atom. The molecule has 5 heteroatoms. The SMILES string of the molecule is Cc1cn(CC(O)c2cc3ccccc3s2)c(=N)s1. The van der Waals surface area contributed by atoms with Crippen molar-refractivity contribution in [2.24, 2.45) is 0 Å². The molecule has 0 bridgehead atoms. The quantitative estimate of drug-likeness (QED) is 0.764.